The minimum absolute atomic E-state index is 0.0841. The monoisotopic (exact) mass is 307 g/mol. The number of ether oxygens (including phenoxy) is 2. The van der Waals surface area contributed by atoms with Gasteiger partial charge in [-0.15, -0.1) is 0 Å². The number of rotatable bonds is 2. The first-order chi connectivity index (χ1) is 9.04. The fourth-order valence-corrected chi connectivity index (χ4v) is 3.66. The Hall–Kier alpha value is -1.31. The molecule has 2 atom stereocenters. The lowest BCUT2D eigenvalue weighted by atomic mass is 9.98. The Bertz CT molecular complexity index is 479. The maximum absolute atomic E-state index is 11.7. The third-order valence-electron chi connectivity index (χ3n) is 2.87. The molecule has 0 aromatic heterocycles. The van der Waals surface area contributed by atoms with Gasteiger partial charge in [-0.25, -0.2) is 13.2 Å². The van der Waals surface area contributed by atoms with E-state index in [0.29, 0.717) is 0 Å². The number of methoxy groups -OCH3 is 1. The third kappa shape index (κ3) is 4.99. The van der Waals surface area contributed by atoms with Crippen molar-refractivity contribution >= 4 is 21.9 Å². The van der Waals surface area contributed by atoms with Gasteiger partial charge in [0, 0.05) is 0 Å². The van der Waals surface area contributed by atoms with Crippen LogP contribution in [0.1, 0.15) is 27.2 Å². The van der Waals surface area contributed by atoms with Crippen LogP contribution in [-0.4, -0.2) is 50.7 Å². The molecule has 2 unspecified atom stereocenters. The minimum Gasteiger partial charge on any atom is -0.469 e. The predicted molar refractivity (Wildman–Crippen MR) is 71.9 cm³/mol. The van der Waals surface area contributed by atoms with Gasteiger partial charge in [0.05, 0.1) is 30.6 Å². The van der Waals surface area contributed by atoms with E-state index in [0.717, 1.165) is 0 Å². The Morgan fingerprint density at radius 2 is 1.85 bits per heavy atom. The third-order valence-corrected chi connectivity index (χ3v) is 4.59. The zero-order valence-corrected chi connectivity index (χ0v) is 13.0. The van der Waals surface area contributed by atoms with Crippen LogP contribution in [0, 0.1) is 5.92 Å². The molecular weight excluding hydrogens is 286 g/mol. The largest absolute Gasteiger partial charge is 0.469 e. The second-order valence-corrected chi connectivity index (χ2v) is 8.01. The lowest BCUT2D eigenvalue weighted by molar-refractivity contribution is -0.146. The smallest absolute Gasteiger partial charge is 0.407 e. The molecular formula is C12H21NO6S. The van der Waals surface area contributed by atoms with Gasteiger partial charge < -0.3 is 14.8 Å². The van der Waals surface area contributed by atoms with Gasteiger partial charge >= 0.3 is 12.1 Å². The number of carbonyl (C=O) groups excluding carboxylic acids is 2. The molecule has 116 valence electrons. The molecule has 1 fully saturated rings. The van der Waals surface area contributed by atoms with Crippen LogP contribution in [-0.2, 0) is 24.1 Å². The summed E-state index contributed by atoms with van der Waals surface area (Å²) >= 11 is 0. The summed E-state index contributed by atoms with van der Waals surface area (Å²) in [4.78, 5) is 23.4. The second kappa shape index (κ2) is 5.99. The van der Waals surface area contributed by atoms with Crippen molar-refractivity contribution in [2.45, 2.75) is 38.8 Å². The first-order valence-electron chi connectivity index (χ1n) is 6.32. The topological polar surface area (TPSA) is 98.8 Å². The maximum Gasteiger partial charge on any atom is 0.407 e. The van der Waals surface area contributed by atoms with E-state index < -0.39 is 39.5 Å². The van der Waals surface area contributed by atoms with E-state index in [1.165, 1.54) is 7.11 Å². The highest BCUT2D eigenvalue weighted by Crippen LogP contribution is 2.21. The molecule has 0 radical (unpaired) electrons. The minimum atomic E-state index is -3.27. The van der Waals surface area contributed by atoms with Gasteiger partial charge in [0.15, 0.2) is 9.84 Å². The molecule has 1 saturated heterocycles. The summed E-state index contributed by atoms with van der Waals surface area (Å²) in [6, 6.07) is -0.823. The van der Waals surface area contributed by atoms with Crippen LogP contribution in [0.15, 0.2) is 0 Å². The van der Waals surface area contributed by atoms with E-state index in [-0.39, 0.29) is 17.9 Å². The molecule has 0 saturated carbocycles. The van der Waals surface area contributed by atoms with E-state index in [1.807, 2.05) is 0 Å². The van der Waals surface area contributed by atoms with Crippen molar-refractivity contribution in [3.8, 4) is 0 Å². The van der Waals surface area contributed by atoms with Crippen molar-refractivity contribution in [1.29, 1.82) is 0 Å². The van der Waals surface area contributed by atoms with Crippen LogP contribution in [0.2, 0.25) is 0 Å². The fourth-order valence-electron chi connectivity index (χ4n) is 2.02. The second-order valence-electron chi connectivity index (χ2n) is 5.79. The Morgan fingerprint density at radius 3 is 2.35 bits per heavy atom. The summed E-state index contributed by atoms with van der Waals surface area (Å²) < 4.78 is 33.0. The Balaban J connectivity index is 2.79. The number of nitrogens with one attached hydrogen (secondary N) is 1. The lowest BCUT2D eigenvalue weighted by Gasteiger charge is -2.30. The average Bonchev–Trinajstić information content (AvgIpc) is 2.24. The van der Waals surface area contributed by atoms with E-state index >= 15 is 0 Å². The number of esters is 1. The molecule has 0 aromatic rings. The molecule has 1 rings (SSSR count). The van der Waals surface area contributed by atoms with Crippen LogP contribution >= 0.6 is 0 Å². The van der Waals surface area contributed by atoms with Gasteiger partial charge in [-0.05, 0) is 27.2 Å². The lowest BCUT2D eigenvalue weighted by Crippen LogP contribution is -2.52. The van der Waals surface area contributed by atoms with Crippen molar-refractivity contribution in [2.24, 2.45) is 5.92 Å². The van der Waals surface area contributed by atoms with E-state index in [1.54, 1.807) is 20.8 Å². The van der Waals surface area contributed by atoms with Crippen molar-refractivity contribution in [3.63, 3.8) is 0 Å². The summed E-state index contributed by atoms with van der Waals surface area (Å²) in [6.45, 7) is 5.09. The normalized spacial score (nSPS) is 25.6. The van der Waals surface area contributed by atoms with Crippen molar-refractivity contribution in [3.05, 3.63) is 0 Å². The van der Waals surface area contributed by atoms with Crippen LogP contribution < -0.4 is 5.32 Å². The van der Waals surface area contributed by atoms with Gasteiger partial charge in [0.25, 0.3) is 0 Å². The maximum atomic E-state index is 11.7. The van der Waals surface area contributed by atoms with Gasteiger partial charge in [0.1, 0.15) is 5.60 Å². The zero-order chi connectivity index (χ0) is 15.6. The highest BCUT2D eigenvalue weighted by atomic mass is 32.2. The quantitative estimate of drug-likeness (QED) is 0.745. The highest BCUT2D eigenvalue weighted by Gasteiger charge is 2.39. The molecule has 0 aliphatic carbocycles. The number of amides is 1. The molecule has 1 N–H and O–H groups in total. The van der Waals surface area contributed by atoms with Crippen LogP contribution in [0.25, 0.3) is 0 Å². The Morgan fingerprint density at radius 1 is 1.25 bits per heavy atom. The molecule has 1 heterocycles. The predicted octanol–water partition coefficient (Wildman–Crippen LogP) is 0.487. The molecule has 0 bridgehead atoms. The summed E-state index contributed by atoms with van der Waals surface area (Å²) in [6.07, 6.45) is -0.608. The average molecular weight is 307 g/mol. The van der Waals surface area contributed by atoms with Crippen molar-refractivity contribution in [1.82, 2.24) is 5.32 Å². The molecule has 0 spiro atoms. The van der Waals surface area contributed by atoms with Gasteiger partial charge in [0.2, 0.25) is 0 Å². The number of carbonyl (C=O) groups is 2. The summed E-state index contributed by atoms with van der Waals surface area (Å²) in [5.41, 5.74) is -0.696. The first-order valence-corrected chi connectivity index (χ1v) is 8.14. The Kier molecular flexibility index (Phi) is 5.01. The van der Waals surface area contributed by atoms with Gasteiger partial charge in [-0.1, -0.05) is 0 Å². The number of hydrogen-bond donors (Lipinski definition) is 1. The molecule has 20 heavy (non-hydrogen) atoms. The molecule has 1 aliphatic heterocycles. The standard InChI is InChI=1S/C12H21NO6S/c1-12(2,3)19-11(15)13-9-7-20(16,17)6-5-8(9)10(14)18-4/h8-9H,5-7H2,1-4H3,(H,13,15). The van der Waals surface area contributed by atoms with E-state index in [9.17, 15) is 18.0 Å². The number of hydrogen-bond acceptors (Lipinski definition) is 6. The van der Waals surface area contributed by atoms with Crippen molar-refractivity contribution in [2.75, 3.05) is 18.6 Å². The van der Waals surface area contributed by atoms with Gasteiger partial charge in [-0.3, -0.25) is 4.79 Å². The highest BCUT2D eigenvalue weighted by molar-refractivity contribution is 7.91. The van der Waals surface area contributed by atoms with Crippen molar-refractivity contribution < 1.29 is 27.5 Å². The Labute approximate surface area is 118 Å². The molecule has 1 amide bonds. The number of alkyl carbamates (subject to hydrolysis) is 1. The van der Waals surface area contributed by atoms with Crippen LogP contribution in [0.5, 0.6) is 0 Å². The van der Waals surface area contributed by atoms with E-state index in [2.05, 4.69) is 10.1 Å². The fraction of sp³-hybridized carbons (Fsp3) is 0.833. The number of sulfone groups is 1. The summed E-state index contributed by atoms with van der Waals surface area (Å²) in [5, 5.41) is 2.46. The van der Waals surface area contributed by atoms with Crippen LogP contribution in [0.4, 0.5) is 4.79 Å². The summed E-state index contributed by atoms with van der Waals surface area (Å²) in [7, 11) is -2.04. The summed E-state index contributed by atoms with van der Waals surface area (Å²) in [5.74, 6) is -1.57. The van der Waals surface area contributed by atoms with Gasteiger partial charge in [-0.2, -0.15) is 0 Å². The first kappa shape index (κ1) is 16.7. The molecule has 8 heteroatoms. The van der Waals surface area contributed by atoms with E-state index in [4.69, 9.17) is 4.74 Å². The molecule has 1 aliphatic rings. The molecule has 0 aromatic carbocycles. The SMILES string of the molecule is COC(=O)C1CCS(=O)(=O)CC1NC(=O)OC(C)(C)C. The zero-order valence-electron chi connectivity index (χ0n) is 12.1. The van der Waals surface area contributed by atoms with Crippen LogP contribution in [0.3, 0.4) is 0 Å². The molecule has 7 nitrogen and oxygen atoms in total.